The summed E-state index contributed by atoms with van der Waals surface area (Å²) in [5.74, 6) is 0. The van der Waals surface area contributed by atoms with Gasteiger partial charge in [0.15, 0.2) is 10.8 Å². The molecule has 0 fully saturated rings. The fourth-order valence-corrected chi connectivity index (χ4v) is 7.34. The van der Waals surface area contributed by atoms with E-state index in [0.717, 1.165) is 16.7 Å². The summed E-state index contributed by atoms with van der Waals surface area (Å²) in [6.07, 6.45) is 3.41. The van der Waals surface area contributed by atoms with Crippen LogP contribution in [0.4, 0.5) is 0 Å². The predicted octanol–water partition coefficient (Wildman–Crippen LogP) is 7.06. The molecule has 0 saturated heterocycles. The minimum absolute atomic E-state index is 0.258. The van der Waals surface area contributed by atoms with Crippen LogP contribution in [0, 0.1) is 0 Å². The SMILES string of the molecule is CCOP(=O)(CCN(CCOC(c1ccccc1)(c1ccccc1)c1ccccc1)CCn1cnc2c(Cl)ncnc21)OCC. The Morgan fingerprint density at radius 3 is 1.87 bits per heavy atom. The van der Waals surface area contributed by atoms with E-state index in [-0.39, 0.29) is 6.16 Å². The van der Waals surface area contributed by atoms with Gasteiger partial charge in [-0.1, -0.05) is 103 Å². The molecule has 5 aromatic rings. The summed E-state index contributed by atoms with van der Waals surface area (Å²) in [4.78, 5) is 15.0. The summed E-state index contributed by atoms with van der Waals surface area (Å²) in [7, 11) is -3.25. The largest absolute Gasteiger partial charge is 0.360 e. The van der Waals surface area contributed by atoms with Gasteiger partial charge in [0.1, 0.15) is 17.4 Å². The van der Waals surface area contributed by atoms with E-state index in [2.05, 4.69) is 56.3 Å². The Morgan fingerprint density at radius 1 is 0.778 bits per heavy atom. The first-order valence-corrected chi connectivity index (χ1v) is 17.3. The van der Waals surface area contributed by atoms with Gasteiger partial charge in [0, 0.05) is 26.2 Å². The first kappa shape index (κ1) is 32.9. The van der Waals surface area contributed by atoms with E-state index in [1.165, 1.54) is 6.33 Å². The Bertz CT molecular complexity index is 1570. The van der Waals surface area contributed by atoms with Gasteiger partial charge in [0.2, 0.25) is 0 Å². The summed E-state index contributed by atoms with van der Waals surface area (Å²) in [5.41, 5.74) is 3.49. The zero-order valence-electron chi connectivity index (χ0n) is 25.7. The molecular formula is C34H39ClN5O4P. The van der Waals surface area contributed by atoms with Gasteiger partial charge in [0.05, 0.1) is 32.3 Å². The van der Waals surface area contributed by atoms with E-state index >= 15 is 0 Å². The second-order valence-electron chi connectivity index (χ2n) is 10.4. The number of rotatable bonds is 17. The number of fused-ring (bicyclic) bond motifs is 1. The van der Waals surface area contributed by atoms with E-state index in [1.807, 2.05) is 73.0 Å². The minimum Gasteiger partial charge on any atom is -0.360 e. The van der Waals surface area contributed by atoms with Crippen LogP contribution in [0.5, 0.6) is 0 Å². The smallest absolute Gasteiger partial charge is 0.331 e. The van der Waals surface area contributed by atoms with Gasteiger partial charge >= 0.3 is 7.60 Å². The molecule has 0 aliphatic rings. The molecule has 0 aliphatic heterocycles. The molecule has 0 spiro atoms. The average molecular weight is 648 g/mol. The minimum atomic E-state index is -3.25. The maximum Gasteiger partial charge on any atom is 0.331 e. The lowest BCUT2D eigenvalue weighted by Crippen LogP contribution is -2.38. The van der Waals surface area contributed by atoms with Crippen LogP contribution in [0.15, 0.2) is 104 Å². The molecule has 236 valence electrons. The molecule has 0 bridgehead atoms. The van der Waals surface area contributed by atoms with Crippen LogP contribution >= 0.6 is 19.2 Å². The number of nitrogens with zero attached hydrogens (tertiary/aromatic N) is 5. The molecule has 9 nitrogen and oxygen atoms in total. The first-order valence-electron chi connectivity index (χ1n) is 15.2. The van der Waals surface area contributed by atoms with E-state index in [1.54, 1.807) is 6.33 Å². The number of halogens is 1. The maximum atomic E-state index is 13.4. The quantitative estimate of drug-likeness (QED) is 0.0602. The van der Waals surface area contributed by atoms with Crippen LogP contribution in [-0.4, -0.2) is 70.0 Å². The summed E-state index contributed by atoms with van der Waals surface area (Å²) < 4.78 is 33.6. The second-order valence-corrected chi connectivity index (χ2v) is 13.0. The zero-order valence-corrected chi connectivity index (χ0v) is 27.3. The van der Waals surface area contributed by atoms with Crippen LogP contribution in [-0.2, 0) is 30.5 Å². The summed E-state index contributed by atoms with van der Waals surface area (Å²) in [5, 5.41) is 0.317. The van der Waals surface area contributed by atoms with Gasteiger partial charge in [-0.05, 0) is 30.5 Å². The summed E-state index contributed by atoms with van der Waals surface area (Å²) in [6.45, 7) is 6.92. The van der Waals surface area contributed by atoms with Crippen LogP contribution in [0.25, 0.3) is 11.2 Å². The van der Waals surface area contributed by atoms with E-state index in [4.69, 9.17) is 25.4 Å². The van der Waals surface area contributed by atoms with Crippen molar-refractivity contribution in [1.82, 2.24) is 24.4 Å². The number of hydrogen-bond acceptors (Lipinski definition) is 8. The standard InChI is InChI=1S/C34H39ClN5O4P/c1-3-43-45(41,44-4-2)25-23-39(20-21-40-27-38-31-32(35)36-26-37-33(31)40)22-24-42-34(28-14-8-5-9-15-28,29-16-10-6-11-17-29)30-18-12-7-13-19-30/h5-19,26-27H,3-4,20-25H2,1-2H3. The number of ether oxygens (including phenoxy) is 1. The van der Waals surface area contributed by atoms with Gasteiger partial charge in [-0.2, -0.15) is 0 Å². The van der Waals surface area contributed by atoms with Gasteiger partial charge in [-0.3, -0.25) is 9.46 Å². The van der Waals surface area contributed by atoms with Crippen LogP contribution in [0.1, 0.15) is 30.5 Å². The molecule has 5 rings (SSSR count). The molecule has 0 aliphatic carbocycles. The van der Waals surface area contributed by atoms with Crippen LogP contribution in [0.2, 0.25) is 5.15 Å². The van der Waals surface area contributed by atoms with Crippen molar-refractivity contribution in [3.8, 4) is 0 Å². The molecule has 45 heavy (non-hydrogen) atoms. The third-order valence-electron chi connectivity index (χ3n) is 7.62. The molecule has 0 saturated carbocycles. The summed E-state index contributed by atoms with van der Waals surface area (Å²) in [6, 6.07) is 30.9. The van der Waals surface area contributed by atoms with Crippen molar-refractivity contribution in [2.24, 2.45) is 0 Å². The van der Waals surface area contributed by atoms with Gasteiger partial charge in [0.25, 0.3) is 0 Å². The fraction of sp³-hybridized carbons (Fsp3) is 0.324. The molecular weight excluding hydrogens is 609 g/mol. The highest BCUT2D eigenvalue weighted by molar-refractivity contribution is 7.53. The molecule has 0 unspecified atom stereocenters. The predicted molar refractivity (Wildman–Crippen MR) is 178 cm³/mol. The van der Waals surface area contributed by atoms with E-state index < -0.39 is 13.2 Å². The Hall–Kier alpha value is -3.43. The van der Waals surface area contributed by atoms with Crippen LogP contribution in [0.3, 0.4) is 0 Å². The normalized spacial score (nSPS) is 12.3. The van der Waals surface area contributed by atoms with Crippen molar-refractivity contribution in [2.75, 3.05) is 45.6 Å². The van der Waals surface area contributed by atoms with Crippen molar-refractivity contribution in [3.63, 3.8) is 0 Å². The maximum absolute atomic E-state index is 13.4. The Labute approximate surface area is 269 Å². The molecule has 0 N–H and O–H groups in total. The van der Waals surface area contributed by atoms with E-state index in [9.17, 15) is 4.57 Å². The summed E-state index contributed by atoms with van der Waals surface area (Å²) >= 11 is 6.24. The first-order chi connectivity index (χ1) is 22.0. The molecule has 0 amide bonds. The number of benzene rings is 3. The van der Waals surface area contributed by atoms with Gasteiger partial charge in [-0.15, -0.1) is 0 Å². The van der Waals surface area contributed by atoms with Crippen molar-refractivity contribution < 1.29 is 18.3 Å². The Balaban J connectivity index is 1.42. The Morgan fingerprint density at radius 2 is 1.33 bits per heavy atom. The van der Waals surface area contributed by atoms with Crippen molar-refractivity contribution >= 4 is 30.4 Å². The van der Waals surface area contributed by atoms with Crippen molar-refractivity contribution in [1.29, 1.82) is 0 Å². The molecule has 11 heteroatoms. The fourth-order valence-electron chi connectivity index (χ4n) is 5.52. The highest BCUT2D eigenvalue weighted by atomic mass is 35.5. The topological polar surface area (TPSA) is 91.6 Å². The molecule has 3 aromatic carbocycles. The van der Waals surface area contributed by atoms with Crippen molar-refractivity contribution in [3.05, 3.63) is 125 Å². The molecule has 2 aromatic heterocycles. The van der Waals surface area contributed by atoms with Crippen molar-refractivity contribution in [2.45, 2.75) is 26.0 Å². The number of hydrogen-bond donors (Lipinski definition) is 0. The van der Waals surface area contributed by atoms with Gasteiger partial charge in [-0.25, -0.2) is 15.0 Å². The number of imidazole rings is 1. The molecule has 0 radical (unpaired) electrons. The average Bonchev–Trinajstić information content (AvgIpc) is 3.50. The third-order valence-corrected chi connectivity index (χ3v) is 9.95. The highest BCUT2D eigenvalue weighted by Gasteiger charge is 2.37. The van der Waals surface area contributed by atoms with Gasteiger partial charge < -0.3 is 18.4 Å². The third kappa shape index (κ3) is 7.87. The number of aromatic nitrogens is 4. The highest BCUT2D eigenvalue weighted by Crippen LogP contribution is 2.47. The molecule has 2 heterocycles. The lowest BCUT2D eigenvalue weighted by Gasteiger charge is -2.37. The lowest BCUT2D eigenvalue weighted by atomic mass is 9.80. The monoisotopic (exact) mass is 647 g/mol. The molecule has 0 atom stereocenters. The van der Waals surface area contributed by atoms with E-state index in [0.29, 0.717) is 62.3 Å². The zero-order chi connectivity index (χ0) is 31.5. The Kier molecular flexibility index (Phi) is 11.5. The lowest BCUT2D eigenvalue weighted by molar-refractivity contribution is 0.00112. The second kappa shape index (κ2) is 15.7. The van der Waals surface area contributed by atoms with Crippen LogP contribution < -0.4 is 0 Å².